The third-order valence-corrected chi connectivity index (χ3v) is 3.58. The van der Waals surface area contributed by atoms with E-state index < -0.39 is 0 Å². The number of carbonyl (C=O) groups excluding carboxylic acids is 1. The van der Waals surface area contributed by atoms with Gasteiger partial charge in [0.15, 0.2) is 11.5 Å². The standard InChI is InChI=1S/C16H13N5O3/c22-16(12-3-4-17-15(6-12)21-8-19-20-9-21)18-7-11-1-2-13-14(5-11)24-10-23-13/h1-6,8-9H,7,10H2,(H,18,22). The van der Waals surface area contributed by atoms with Crippen molar-refractivity contribution >= 4 is 5.91 Å². The highest BCUT2D eigenvalue weighted by molar-refractivity contribution is 5.94. The first-order chi connectivity index (χ1) is 11.8. The molecule has 8 nitrogen and oxygen atoms in total. The monoisotopic (exact) mass is 323 g/mol. The number of pyridine rings is 1. The van der Waals surface area contributed by atoms with E-state index in [0.29, 0.717) is 23.7 Å². The molecule has 0 atom stereocenters. The Morgan fingerprint density at radius 2 is 1.96 bits per heavy atom. The van der Waals surface area contributed by atoms with Crippen molar-refractivity contribution in [3.05, 3.63) is 60.3 Å². The largest absolute Gasteiger partial charge is 0.454 e. The predicted molar refractivity (Wildman–Crippen MR) is 82.9 cm³/mol. The van der Waals surface area contributed by atoms with Gasteiger partial charge in [-0.1, -0.05) is 6.07 Å². The molecule has 0 saturated carbocycles. The second-order valence-electron chi connectivity index (χ2n) is 5.14. The molecule has 0 aliphatic carbocycles. The number of nitrogens with zero attached hydrogens (tertiary/aromatic N) is 4. The normalized spacial score (nSPS) is 12.2. The fourth-order valence-corrected chi connectivity index (χ4v) is 2.36. The van der Waals surface area contributed by atoms with Crippen LogP contribution < -0.4 is 14.8 Å². The molecular formula is C16H13N5O3. The average molecular weight is 323 g/mol. The molecule has 8 heteroatoms. The number of hydrogen-bond donors (Lipinski definition) is 1. The maximum Gasteiger partial charge on any atom is 0.251 e. The Balaban J connectivity index is 1.46. The first-order valence-corrected chi connectivity index (χ1v) is 7.27. The number of aromatic nitrogens is 4. The zero-order valence-corrected chi connectivity index (χ0v) is 12.5. The summed E-state index contributed by atoms with van der Waals surface area (Å²) in [6.07, 6.45) is 4.62. The number of hydrogen-bond acceptors (Lipinski definition) is 6. The zero-order valence-electron chi connectivity index (χ0n) is 12.5. The molecule has 0 unspecified atom stereocenters. The maximum atomic E-state index is 12.3. The molecule has 0 fully saturated rings. The van der Waals surface area contributed by atoms with Gasteiger partial charge in [-0.05, 0) is 29.8 Å². The summed E-state index contributed by atoms with van der Waals surface area (Å²) in [5, 5.41) is 10.3. The number of carbonyl (C=O) groups is 1. The number of nitrogens with one attached hydrogen (secondary N) is 1. The van der Waals surface area contributed by atoms with Crippen LogP contribution in [0.15, 0.2) is 49.2 Å². The highest BCUT2D eigenvalue weighted by atomic mass is 16.7. The third-order valence-electron chi connectivity index (χ3n) is 3.58. The lowest BCUT2D eigenvalue weighted by Gasteiger charge is -2.07. The van der Waals surface area contributed by atoms with E-state index in [1.54, 1.807) is 22.9 Å². The van der Waals surface area contributed by atoms with Crippen molar-refractivity contribution in [2.45, 2.75) is 6.54 Å². The lowest BCUT2D eigenvalue weighted by atomic mass is 10.2. The van der Waals surface area contributed by atoms with Gasteiger partial charge in [0.05, 0.1) is 0 Å². The molecule has 1 aromatic carbocycles. The summed E-state index contributed by atoms with van der Waals surface area (Å²) in [6, 6.07) is 8.92. The van der Waals surface area contributed by atoms with Gasteiger partial charge >= 0.3 is 0 Å². The van der Waals surface area contributed by atoms with E-state index in [4.69, 9.17) is 9.47 Å². The molecule has 0 bridgehead atoms. The molecule has 24 heavy (non-hydrogen) atoms. The SMILES string of the molecule is O=C(NCc1ccc2c(c1)OCO2)c1ccnc(-n2cnnc2)c1. The molecule has 3 aromatic rings. The second kappa shape index (κ2) is 5.99. The molecule has 1 aliphatic rings. The highest BCUT2D eigenvalue weighted by Crippen LogP contribution is 2.32. The summed E-state index contributed by atoms with van der Waals surface area (Å²) in [4.78, 5) is 16.5. The second-order valence-corrected chi connectivity index (χ2v) is 5.14. The van der Waals surface area contributed by atoms with Crippen molar-refractivity contribution in [2.75, 3.05) is 6.79 Å². The summed E-state index contributed by atoms with van der Waals surface area (Å²) in [6.45, 7) is 0.619. The van der Waals surface area contributed by atoms with Gasteiger partial charge in [0.1, 0.15) is 18.5 Å². The van der Waals surface area contributed by atoms with Crippen molar-refractivity contribution in [3.63, 3.8) is 0 Å². The van der Waals surface area contributed by atoms with Gasteiger partial charge in [-0.3, -0.25) is 9.36 Å². The molecule has 2 aromatic heterocycles. The number of amides is 1. The minimum atomic E-state index is -0.190. The van der Waals surface area contributed by atoms with Crippen molar-refractivity contribution in [3.8, 4) is 17.3 Å². The Hall–Kier alpha value is -3.42. The molecular weight excluding hydrogens is 310 g/mol. The lowest BCUT2D eigenvalue weighted by molar-refractivity contribution is 0.0950. The first-order valence-electron chi connectivity index (χ1n) is 7.27. The molecule has 0 radical (unpaired) electrons. The Labute approximate surface area is 137 Å². The molecule has 120 valence electrons. The summed E-state index contributed by atoms with van der Waals surface area (Å²) in [5.74, 6) is 1.80. The first kappa shape index (κ1) is 14.2. The predicted octanol–water partition coefficient (Wildman–Crippen LogP) is 1.32. The van der Waals surface area contributed by atoms with Gasteiger partial charge in [-0.15, -0.1) is 10.2 Å². The minimum absolute atomic E-state index is 0.190. The van der Waals surface area contributed by atoms with Crippen LogP contribution in [0.5, 0.6) is 11.5 Å². The van der Waals surface area contributed by atoms with Crippen LogP contribution >= 0.6 is 0 Å². The summed E-state index contributed by atoms with van der Waals surface area (Å²) >= 11 is 0. The van der Waals surface area contributed by atoms with Crippen LogP contribution in [0.4, 0.5) is 0 Å². The van der Waals surface area contributed by atoms with Crippen molar-refractivity contribution in [1.82, 2.24) is 25.1 Å². The molecule has 0 saturated heterocycles. The van der Waals surface area contributed by atoms with Gasteiger partial charge < -0.3 is 14.8 Å². The van der Waals surface area contributed by atoms with Gasteiger partial charge in [-0.25, -0.2) is 4.98 Å². The van der Waals surface area contributed by atoms with Crippen molar-refractivity contribution in [1.29, 1.82) is 0 Å². The lowest BCUT2D eigenvalue weighted by Crippen LogP contribution is -2.23. The fourth-order valence-electron chi connectivity index (χ4n) is 2.36. The maximum absolute atomic E-state index is 12.3. The third kappa shape index (κ3) is 2.76. The van der Waals surface area contributed by atoms with Crippen LogP contribution in [-0.4, -0.2) is 32.4 Å². The Morgan fingerprint density at radius 1 is 1.12 bits per heavy atom. The number of benzene rings is 1. The molecule has 1 amide bonds. The Kier molecular flexibility index (Phi) is 3.54. The summed E-state index contributed by atoms with van der Waals surface area (Å²) in [7, 11) is 0. The smallest absolute Gasteiger partial charge is 0.251 e. The summed E-state index contributed by atoms with van der Waals surface area (Å²) < 4.78 is 12.2. The van der Waals surface area contributed by atoms with E-state index in [0.717, 1.165) is 11.3 Å². The van der Waals surface area contributed by atoms with E-state index in [9.17, 15) is 4.79 Å². The molecule has 0 spiro atoms. The van der Waals surface area contributed by atoms with Crippen molar-refractivity contribution in [2.24, 2.45) is 0 Å². The van der Waals surface area contributed by atoms with E-state index in [1.807, 2.05) is 18.2 Å². The van der Waals surface area contributed by atoms with E-state index in [-0.39, 0.29) is 12.7 Å². The van der Waals surface area contributed by atoms with Gasteiger partial charge in [0.2, 0.25) is 6.79 Å². The number of ether oxygens (including phenoxy) is 2. The quantitative estimate of drug-likeness (QED) is 0.778. The van der Waals surface area contributed by atoms with Crippen LogP contribution in [-0.2, 0) is 6.54 Å². The van der Waals surface area contributed by atoms with Crippen LogP contribution in [0, 0.1) is 0 Å². The Morgan fingerprint density at radius 3 is 2.83 bits per heavy atom. The van der Waals surface area contributed by atoms with Gasteiger partial charge in [0, 0.05) is 18.3 Å². The van der Waals surface area contributed by atoms with E-state index >= 15 is 0 Å². The molecule has 3 heterocycles. The van der Waals surface area contributed by atoms with Crippen LogP contribution in [0.25, 0.3) is 5.82 Å². The number of fused-ring (bicyclic) bond motifs is 1. The fraction of sp³-hybridized carbons (Fsp3) is 0.125. The van der Waals surface area contributed by atoms with Gasteiger partial charge in [-0.2, -0.15) is 0 Å². The van der Waals surface area contributed by atoms with Crippen LogP contribution in [0.3, 0.4) is 0 Å². The minimum Gasteiger partial charge on any atom is -0.454 e. The Bertz CT molecular complexity index is 879. The van der Waals surface area contributed by atoms with Crippen LogP contribution in [0.2, 0.25) is 0 Å². The zero-order chi connectivity index (χ0) is 16.4. The topological polar surface area (TPSA) is 91.2 Å². The van der Waals surface area contributed by atoms with E-state index in [2.05, 4.69) is 20.5 Å². The summed E-state index contributed by atoms with van der Waals surface area (Å²) in [5.41, 5.74) is 1.44. The van der Waals surface area contributed by atoms with Gasteiger partial charge in [0.25, 0.3) is 5.91 Å². The molecule has 1 N–H and O–H groups in total. The molecule has 4 rings (SSSR count). The average Bonchev–Trinajstić information content (AvgIpc) is 3.30. The van der Waals surface area contributed by atoms with E-state index in [1.165, 1.54) is 12.7 Å². The van der Waals surface area contributed by atoms with Crippen molar-refractivity contribution < 1.29 is 14.3 Å². The number of rotatable bonds is 4. The van der Waals surface area contributed by atoms with Crippen LogP contribution in [0.1, 0.15) is 15.9 Å². The molecule has 1 aliphatic heterocycles. The highest BCUT2D eigenvalue weighted by Gasteiger charge is 2.14.